The van der Waals surface area contributed by atoms with Gasteiger partial charge in [0.05, 0.1) is 6.07 Å². The van der Waals surface area contributed by atoms with Crippen molar-refractivity contribution in [3.05, 3.63) is 22.4 Å². The molecule has 0 bridgehead atoms. The van der Waals surface area contributed by atoms with Gasteiger partial charge in [-0.05, 0) is 37.4 Å². The second-order valence-electron chi connectivity index (χ2n) is 3.56. The summed E-state index contributed by atoms with van der Waals surface area (Å²) in [5.74, 6) is 0. The first-order valence-electron chi connectivity index (χ1n) is 5.48. The highest BCUT2D eigenvalue weighted by Gasteiger charge is 2.03. The molecule has 0 N–H and O–H groups in total. The van der Waals surface area contributed by atoms with Crippen molar-refractivity contribution in [1.82, 2.24) is 4.90 Å². The summed E-state index contributed by atoms with van der Waals surface area (Å²) in [6, 6.07) is 6.47. The average Bonchev–Trinajstić information content (AvgIpc) is 2.75. The van der Waals surface area contributed by atoms with Gasteiger partial charge in [0.1, 0.15) is 0 Å². The molecule has 1 rings (SSSR count). The molecule has 0 radical (unpaired) electrons. The van der Waals surface area contributed by atoms with Gasteiger partial charge in [0, 0.05) is 17.8 Å². The summed E-state index contributed by atoms with van der Waals surface area (Å²) in [6.07, 6.45) is 2.85. The molecule has 2 nitrogen and oxygen atoms in total. The van der Waals surface area contributed by atoms with E-state index in [-0.39, 0.29) is 0 Å². The van der Waals surface area contributed by atoms with Crippen LogP contribution in [0.15, 0.2) is 17.5 Å². The zero-order valence-electron chi connectivity index (χ0n) is 9.28. The second-order valence-corrected chi connectivity index (χ2v) is 4.60. The quantitative estimate of drug-likeness (QED) is 0.662. The molecule has 1 heterocycles. The van der Waals surface area contributed by atoms with Crippen LogP contribution in [0.5, 0.6) is 0 Å². The van der Waals surface area contributed by atoms with Crippen LogP contribution < -0.4 is 0 Å². The molecule has 1 aromatic heterocycles. The van der Waals surface area contributed by atoms with Crippen molar-refractivity contribution in [2.45, 2.75) is 32.7 Å². The molecule has 0 amide bonds. The van der Waals surface area contributed by atoms with Crippen LogP contribution in [0.25, 0.3) is 0 Å². The molecule has 15 heavy (non-hydrogen) atoms. The highest BCUT2D eigenvalue weighted by Crippen LogP contribution is 2.12. The van der Waals surface area contributed by atoms with E-state index in [9.17, 15) is 0 Å². The van der Waals surface area contributed by atoms with Crippen molar-refractivity contribution >= 4 is 11.3 Å². The molecule has 0 atom stereocenters. The van der Waals surface area contributed by atoms with Gasteiger partial charge in [-0.2, -0.15) is 5.26 Å². The lowest BCUT2D eigenvalue weighted by molar-refractivity contribution is 0.276. The van der Waals surface area contributed by atoms with Gasteiger partial charge in [-0.1, -0.05) is 13.0 Å². The Bertz CT molecular complexity index is 287. The van der Waals surface area contributed by atoms with Crippen molar-refractivity contribution in [3.63, 3.8) is 0 Å². The number of hydrogen-bond acceptors (Lipinski definition) is 3. The van der Waals surface area contributed by atoms with E-state index >= 15 is 0 Å². The molecule has 0 fully saturated rings. The standard InChI is InChI=1S/C12H18N2S/c1-2-14(9-5-3-4-8-13)11-12-7-6-10-15-12/h6-7,10H,2-5,9,11H2,1H3. The number of thiophene rings is 1. The minimum atomic E-state index is 0.691. The topological polar surface area (TPSA) is 27.0 Å². The molecule has 0 saturated carbocycles. The summed E-state index contributed by atoms with van der Waals surface area (Å²) in [5.41, 5.74) is 0. The van der Waals surface area contributed by atoms with Crippen molar-refractivity contribution in [3.8, 4) is 6.07 Å². The fourth-order valence-corrected chi connectivity index (χ4v) is 2.26. The zero-order chi connectivity index (χ0) is 10.9. The van der Waals surface area contributed by atoms with Crippen molar-refractivity contribution in [1.29, 1.82) is 5.26 Å². The maximum absolute atomic E-state index is 8.43. The summed E-state index contributed by atoms with van der Waals surface area (Å²) >= 11 is 1.82. The molecule has 82 valence electrons. The molecule has 0 unspecified atom stereocenters. The molecule has 0 aliphatic carbocycles. The van der Waals surface area contributed by atoms with Gasteiger partial charge in [-0.3, -0.25) is 4.90 Å². The zero-order valence-corrected chi connectivity index (χ0v) is 10.1. The van der Waals surface area contributed by atoms with Crippen molar-refractivity contribution < 1.29 is 0 Å². The van der Waals surface area contributed by atoms with Gasteiger partial charge in [0.2, 0.25) is 0 Å². The van der Waals surface area contributed by atoms with E-state index < -0.39 is 0 Å². The lowest BCUT2D eigenvalue weighted by atomic mass is 10.2. The van der Waals surface area contributed by atoms with E-state index in [2.05, 4.69) is 35.4 Å². The molecule has 0 aliphatic rings. The Morgan fingerprint density at radius 1 is 1.47 bits per heavy atom. The normalized spacial score (nSPS) is 10.5. The van der Waals surface area contributed by atoms with Gasteiger partial charge in [-0.15, -0.1) is 11.3 Å². The number of unbranched alkanes of at least 4 members (excludes halogenated alkanes) is 2. The first kappa shape index (κ1) is 12.2. The monoisotopic (exact) mass is 222 g/mol. The molecule has 3 heteroatoms. The third-order valence-corrected chi connectivity index (χ3v) is 3.28. The Morgan fingerprint density at radius 2 is 2.33 bits per heavy atom. The first-order chi connectivity index (χ1) is 7.36. The van der Waals surface area contributed by atoms with Gasteiger partial charge in [0.25, 0.3) is 0 Å². The van der Waals surface area contributed by atoms with Crippen LogP contribution in [0.3, 0.4) is 0 Å². The van der Waals surface area contributed by atoms with Crippen LogP contribution in [0.4, 0.5) is 0 Å². The van der Waals surface area contributed by atoms with E-state index in [1.807, 2.05) is 11.3 Å². The smallest absolute Gasteiger partial charge is 0.0621 e. The highest BCUT2D eigenvalue weighted by atomic mass is 32.1. The van der Waals surface area contributed by atoms with Gasteiger partial charge in [-0.25, -0.2) is 0 Å². The van der Waals surface area contributed by atoms with Crippen LogP contribution in [0, 0.1) is 11.3 Å². The van der Waals surface area contributed by atoms with Crippen LogP contribution in [0.2, 0.25) is 0 Å². The number of hydrogen-bond donors (Lipinski definition) is 0. The summed E-state index contributed by atoms with van der Waals surface area (Å²) in [4.78, 5) is 3.86. The summed E-state index contributed by atoms with van der Waals surface area (Å²) < 4.78 is 0. The maximum Gasteiger partial charge on any atom is 0.0621 e. The predicted octanol–water partition coefficient (Wildman–Crippen LogP) is 3.26. The molecule has 1 aromatic rings. The third-order valence-electron chi connectivity index (χ3n) is 2.42. The Labute approximate surface area is 96.1 Å². The number of nitriles is 1. The fourth-order valence-electron chi connectivity index (χ4n) is 1.51. The van der Waals surface area contributed by atoms with E-state index in [0.717, 1.165) is 32.5 Å². The molecule has 0 spiro atoms. The third kappa shape index (κ3) is 4.96. The Kier molecular flexibility index (Phi) is 6.06. The maximum atomic E-state index is 8.43. The van der Waals surface area contributed by atoms with Gasteiger partial charge in [0.15, 0.2) is 0 Å². The molecular weight excluding hydrogens is 204 g/mol. The first-order valence-corrected chi connectivity index (χ1v) is 6.36. The largest absolute Gasteiger partial charge is 0.299 e. The fraction of sp³-hybridized carbons (Fsp3) is 0.583. The Morgan fingerprint density at radius 3 is 2.93 bits per heavy atom. The molecule has 0 aromatic carbocycles. The summed E-state index contributed by atoms with van der Waals surface area (Å²) in [5, 5.41) is 10.6. The average molecular weight is 222 g/mol. The highest BCUT2D eigenvalue weighted by molar-refractivity contribution is 7.09. The molecule has 0 saturated heterocycles. The molecular formula is C12H18N2S. The summed E-state index contributed by atoms with van der Waals surface area (Å²) in [6.45, 7) is 5.44. The minimum absolute atomic E-state index is 0.691. The minimum Gasteiger partial charge on any atom is -0.299 e. The molecule has 0 aliphatic heterocycles. The SMILES string of the molecule is CCN(CCCCC#N)Cc1cccs1. The van der Waals surface area contributed by atoms with E-state index in [1.54, 1.807) is 0 Å². The number of rotatable bonds is 7. The summed E-state index contributed by atoms with van der Waals surface area (Å²) in [7, 11) is 0. The Hall–Kier alpha value is -0.850. The number of nitrogens with zero attached hydrogens (tertiary/aromatic N) is 2. The van der Waals surface area contributed by atoms with Crippen LogP contribution in [-0.2, 0) is 6.54 Å². The van der Waals surface area contributed by atoms with E-state index in [1.165, 1.54) is 4.88 Å². The van der Waals surface area contributed by atoms with E-state index in [4.69, 9.17) is 5.26 Å². The van der Waals surface area contributed by atoms with Crippen molar-refractivity contribution in [2.75, 3.05) is 13.1 Å². The van der Waals surface area contributed by atoms with Gasteiger partial charge < -0.3 is 0 Å². The van der Waals surface area contributed by atoms with Crippen molar-refractivity contribution in [2.24, 2.45) is 0 Å². The predicted molar refractivity (Wildman–Crippen MR) is 64.7 cm³/mol. The van der Waals surface area contributed by atoms with E-state index in [0.29, 0.717) is 6.42 Å². The van der Waals surface area contributed by atoms with Crippen LogP contribution in [-0.4, -0.2) is 18.0 Å². The van der Waals surface area contributed by atoms with Crippen LogP contribution >= 0.6 is 11.3 Å². The lowest BCUT2D eigenvalue weighted by Crippen LogP contribution is -2.23. The van der Waals surface area contributed by atoms with Gasteiger partial charge >= 0.3 is 0 Å². The van der Waals surface area contributed by atoms with Crippen LogP contribution in [0.1, 0.15) is 31.1 Å². The second kappa shape index (κ2) is 7.44. The Balaban J connectivity index is 2.21. The lowest BCUT2D eigenvalue weighted by Gasteiger charge is -2.18.